The second-order valence-electron chi connectivity index (χ2n) is 6.86. The van der Waals surface area contributed by atoms with Gasteiger partial charge in [0, 0.05) is 18.3 Å². The SMILES string of the molecule is CC[C@H](C)n1c(SCC(=O)NCCC(C)C)nc2cc(C)[nH]c2c1=O. The van der Waals surface area contributed by atoms with E-state index >= 15 is 0 Å². The number of fused-ring (bicyclic) bond motifs is 1. The van der Waals surface area contributed by atoms with Crippen LogP contribution in [0.25, 0.3) is 11.0 Å². The molecule has 0 bridgehead atoms. The van der Waals surface area contributed by atoms with Gasteiger partial charge in [0.05, 0.1) is 11.3 Å². The molecular weight excluding hydrogens is 336 g/mol. The first-order valence-corrected chi connectivity index (χ1v) is 9.83. The summed E-state index contributed by atoms with van der Waals surface area (Å²) in [4.78, 5) is 32.6. The second kappa shape index (κ2) is 8.56. The van der Waals surface area contributed by atoms with Crippen LogP contribution in [0.4, 0.5) is 0 Å². The lowest BCUT2D eigenvalue weighted by atomic mass is 10.1. The zero-order chi connectivity index (χ0) is 18.6. The Morgan fingerprint density at radius 3 is 2.76 bits per heavy atom. The Hall–Kier alpha value is -1.76. The number of nitrogens with one attached hydrogen (secondary N) is 2. The summed E-state index contributed by atoms with van der Waals surface area (Å²) in [6.45, 7) is 10.9. The van der Waals surface area contributed by atoms with Gasteiger partial charge >= 0.3 is 0 Å². The van der Waals surface area contributed by atoms with Gasteiger partial charge in [-0.2, -0.15) is 0 Å². The van der Waals surface area contributed by atoms with Crippen molar-refractivity contribution in [2.75, 3.05) is 12.3 Å². The predicted octanol–water partition coefficient (Wildman–Crippen LogP) is 3.26. The number of aromatic nitrogens is 3. The first-order chi connectivity index (χ1) is 11.8. The molecule has 0 aromatic carbocycles. The topological polar surface area (TPSA) is 79.8 Å². The second-order valence-corrected chi connectivity index (χ2v) is 7.80. The van der Waals surface area contributed by atoms with Crippen LogP contribution in [0.1, 0.15) is 52.3 Å². The summed E-state index contributed by atoms with van der Waals surface area (Å²) in [7, 11) is 0. The van der Waals surface area contributed by atoms with E-state index in [4.69, 9.17) is 0 Å². The zero-order valence-electron chi connectivity index (χ0n) is 15.7. The molecule has 0 saturated heterocycles. The molecule has 0 aliphatic heterocycles. The van der Waals surface area contributed by atoms with E-state index in [-0.39, 0.29) is 23.3 Å². The van der Waals surface area contributed by atoms with Crippen LogP contribution in [0.3, 0.4) is 0 Å². The summed E-state index contributed by atoms with van der Waals surface area (Å²) in [5.41, 5.74) is 2.02. The molecule has 0 aliphatic carbocycles. The van der Waals surface area contributed by atoms with E-state index in [2.05, 4.69) is 29.1 Å². The van der Waals surface area contributed by atoms with Crippen LogP contribution >= 0.6 is 11.8 Å². The summed E-state index contributed by atoms with van der Waals surface area (Å²) >= 11 is 1.32. The van der Waals surface area contributed by atoms with Crippen LogP contribution in [0.2, 0.25) is 0 Å². The molecule has 2 rings (SSSR count). The lowest BCUT2D eigenvalue weighted by Gasteiger charge is -2.17. The maximum Gasteiger partial charge on any atom is 0.278 e. The van der Waals surface area contributed by atoms with Crippen molar-refractivity contribution in [3.63, 3.8) is 0 Å². The Morgan fingerprint density at radius 1 is 1.40 bits per heavy atom. The summed E-state index contributed by atoms with van der Waals surface area (Å²) in [6, 6.07) is 1.89. The van der Waals surface area contributed by atoms with Crippen molar-refractivity contribution in [3.05, 3.63) is 22.1 Å². The summed E-state index contributed by atoms with van der Waals surface area (Å²) in [6.07, 6.45) is 1.78. The fourth-order valence-electron chi connectivity index (χ4n) is 2.54. The lowest BCUT2D eigenvalue weighted by Crippen LogP contribution is -2.29. The minimum absolute atomic E-state index is 0.0269. The van der Waals surface area contributed by atoms with Gasteiger partial charge in [-0.05, 0) is 38.7 Å². The van der Waals surface area contributed by atoms with Crippen molar-refractivity contribution in [1.29, 1.82) is 0 Å². The number of amides is 1. The first kappa shape index (κ1) is 19.6. The highest BCUT2D eigenvalue weighted by molar-refractivity contribution is 7.99. The van der Waals surface area contributed by atoms with Crippen molar-refractivity contribution in [3.8, 4) is 0 Å². The molecule has 0 spiro atoms. The third-order valence-electron chi connectivity index (χ3n) is 4.19. The standard InChI is InChI=1S/C18H28N4O2S/c1-6-13(5)22-17(24)16-14(9-12(4)20-16)21-18(22)25-10-15(23)19-8-7-11(2)3/h9,11,13,20H,6-8,10H2,1-5H3,(H,19,23)/t13-/m0/s1. The van der Waals surface area contributed by atoms with Gasteiger partial charge < -0.3 is 10.3 Å². The molecule has 0 radical (unpaired) electrons. The molecule has 0 fully saturated rings. The number of H-pyrrole nitrogens is 1. The fraction of sp³-hybridized carbons (Fsp3) is 0.611. The highest BCUT2D eigenvalue weighted by Gasteiger charge is 2.17. The predicted molar refractivity (Wildman–Crippen MR) is 103 cm³/mol. The minimum atomic E-state index is -0.0739. The Balaban J connectivity index is 2.21. The van der Waals surface area contributed by atoms with E-state index in [9.17, 15) is 9.59 Å². The Morgan fingerprint density at radius 2 is 2.12 bits per heavy atom. The molecule has 1 amide bonds. The van der Waals surface area contributed by atoms with Gasteiger partial charge in [0.2, 0.25) is 5.91 Å². The largest absolute Gasteiger partial charge is 0.355 e. The van der Waals surface area contributed by atoms with E-state index in [1.807, 2.05) is 26.8 Å². The minimum Gasteiger partial charge on any atom is -0.355 e. The molecule has 2 aromatic heterocycles. The van der Waals surface area contributed by atoms with Crippen LogP contribution in [0.5, 0.6) is 0 Å². The Kier molecular flexibility index (Phi) is 6.70. The smallest absolute Gasteiger partial charge is 0.278 e. The van der Waals surface area contributed by atoms with Gasteiger partial charge in [0.15, 0.2) is 5.16 Å². The number of hydrogen-bond acceptors (Lipinski definition) is 4. The fourth-order valence-corrected chi connectivity index (χ4v) is 3.47. The number of carbonyl (C=O) groups is 1. The summed E-state index contributed by atoms with van der Waals surface area (Å²) in [5, 5.41) is 3.52. The van der Waals surface area contributed by atoms with Crippen molar-refractivity contribution in [2.45, 2.75) is 58.7 Å². The molecule has 25 heavy (non-hydrogen) atoms. The normalized spacial score (nSPS) is 12.7. The monoisotopic (exact) mass is 364 g/mol. The third kappa shape index (κ3) is 4.87. The first-order valence-electron chi connectivity index (χ1n) is 8.84. The molecule has 2 N–H and O–H groups in total. The van der Waals surface area contributed by atoms with E-state index in [0.717, 1.165) is 18.5 Å². The average molecular weight is 365 g/mol. The van der Waals surface area contributed by atoms with Gasteiger partial charge in [-0.1, -0.05) is 32.5 Å². The van der Waals surface area contributed by atoms with E-state index in [0.29, 0.717) is 28.7 Å². The number of aryl methyl sites for hydroxylation is 1. The third-order valence-corrected chi connectivity index (χ3v) is 5.15. The van der Waals surface area contributed by atoms with Crippen LogP contribution in [-0.2, 0) is 4.79 Å². The summed E-state index contributed by atoms with van der Waals surface area (Å²) in [5.74, 6) is 0.793. The van der Waals surface area contributed by atoms with Gasteiger partial charge in [-0.3, -0.25) is 14.2 Å². The van der Waals surface area contributed by atoms with Crippen molar-refractivity contribution in [1.82, 2.24) is 19.9 Å². The molecule has 6 nitrogen and oxygen atoms in total. The van der Waals surface area contributed by atoms with Crippen molar-refractivity contribution >= 4 is 28.7 Å². The molecule has 2 aromatic rings. The molecule has 2 heterocycles. The highest BCUT2D eigenvalue weighted by Crippen LogP contribution is 2.22. The molecule has 7 heteroatoms. The molecule has 1 atom stereocenters. The van der Waals surface area contributed by atoms with Crippen LogP contribution < -0.4 is 10.9 Å². The molecule has 138 valence electrons. The number of rotatable bonds is 8. The number of aromatic amines is 1. The van der Waals surface area contributed by atoms with Crippen molar-refractivity contribution in [2.24, 2.45) is 5.92 Å². The molecule has 0 unspecified atom stereocenters. The zero-order valence-corrected chi connectivity index (χ0v) is 16.5. The van der Waals surface area contributed by atoms with E-state index in [1.165, 1.54) is 11.8 Å². The summed E-state index contributed by atoms with van der Waals surface area (Å²) < 4.78 is 1.70. The Bertz CT molecular complexity index is 794. The molecule has 0 aliphatic rings. The highest BCUT2D eigenvalue weighted by atomic mass is 32.2. The number of thioether (sulfide) groups is 1. The maximum atomic E-state index is 12.8. The number of hydrogen-bond donors (Lipinski definition) is 2. The Labute approximate surface area is 152 Å². The van der Waals surface area contributed by atoms with Gasteiger partial charge in [0.1, 0.15) is 5.52 Å². The van der Waals surface area contributed by atoms with Crippen LogP contribution in [0.15, 0.2) is 16.0 Å². The quantitative estimate of drug-likeness (QED) is 0.556. The van der Waals surface area contributed by atoms with Crippen LogP contribution in [-0.4, -0.2) is 32.7 Å². The van der Waals surface area contributed by atoms with Gasteiger partial charge in [0.25, 0.3) is 5.56 Å². The molecular formula is C18H28N4O2S. The number of nitrogens with zero attached hydrogens (tertiary/aromatic N) is 2. The molecule has 0 saturated carbocycles. The number of carbonyl (C=O) groups excluding carboxylic acids is 1. The maximum absolute atomic E-state index is 12.8. The van der Waals surface area contributed by atoms with E-state index in [1.54, 1.807) is 4.57 Å². The van der Waals surface area contributed by atoms with Gasteiger partial charge in [-0.25, -0.2) is 4.98 Å². The van der Waals surface area contributed by atoms with E-state index < -0.39 is 0 Å². The lowest BCUT2D eigenvalue weighted by molar-refractivity contribution is -0.118. The van der Waals surface area contributed by atoms with Crippen LogP contribution in [0, 0.1) is 12.8 Å². The average Bonchev–Trinajstić information content (AvgIpc) is 2.92. The van der Waals surface area contributed by atoms with Gasteiger partial charge in [-0.15, -0.1) is 0 Å². The van der Waals surface area contributed by atoms with Crippen molar-refractivity contribution < 1.29 is 4.79 Å².